The van der Waals surface area contributed by atoms with E-state index in [1.54, 1.807) is 0 Å². The van der Waals surface area contributed by atoms with Gasteiger partial charge in [-0.05, 0) is 37.4 Å². The van der Waals surface area contributed by atoms with Crippen molar-refractivity contribution in [3.63, 3.8) is 0 Å². The highest BCUT2D eigenvalue weighted by Gasteiger charge is 2.17. The van der Waals surface area contributed by atoms with Gasteiger partial charge in [0.1, 0.15) is 0 Å². The number of rotatable bonds is 1. The number of hydrogen-bond acceptors (Lipinski definition) is 1. The number of hydrogen-bond donors (Lipinski definition) is 1. The first-order valence-electron chi connectivity index (χ1n) is 5.27. The molecule has 1 aliphatic rings. The predicted molar refractivity (Wildman–Crippen MR) is 63.5 cm³/mol. The Kier molecular flexibility index (Phi) is 3.24. The normalized spacial score (nSPS) is 22.3. The number of aryl methyl sites for hydroxylation is 1. The van der Waals surface area contributed by atoms with E-state index in [4.69, 9.17) is 0 Å². The maximum Gasteiger partial charge on any atom is 0.0331 e. The molecule has 1 aromatic rings. The van der Waals surface area contributed by atoms with Crippen LogP contribution >= 0.6 is 15.9 Å². The number of halogens is 1. The molecule has 1 aliphatic heterocycles. The van der Waals surface area contributed by atoms with Gasteiger partial charge in [-0.15, -0.1) is 0 Å². The molecule has 2 rings (SSSR count). The highest BCUT2D eigenvalue weighted by Crippen LogP contribution is 2.30. The summed E-state index contributed by atoms with van der Waals surface area (Å²) in [5.74, 6) is 0. The molecular formula is C12H16BrN. The molecule has 0 aromatic heterocycles. The average Bonchev–Trinajstić information content (AvgIpc) is 2.23. The molecule has 0 bridgehead atoms. The fraction of sp³-hybridized carbons (Fsp3) is 0.500. The second kappa shape index (κ2) is 4.45. The topological polar surface area (TPSA) is 12.0 Å². The van der Waals surface area contributed by atoms with E-state index >= 15 is 0 Å². The lowest BCUT2D eigenvalue weighted by Crippen LogP contribution is -2.27. The molecule has 0 unspecified atom stereocenters. The summed E-state index contributed by atoms with van der Waals surface area (Å²) < 4.78 is 1.28. The van der Waals surface area contributed by atoms with Crippen molar-refractivity contribution in [2.75, 3.05) is 6.54 Å². The van der Waals surface area contributed by atoms with Gasteiger partial charge < -0.3 is 5.32 Å². The van der Waals surface area contributed by atoms with Gasteiger partial charge in [-0.3, -0.25) is 0 Å². The zero-order valence-corrected chi connectivity index (χ0v) is 10.1. The molecule has 14 heavy (non-hydrogen) atoms. The van der Waals surface area contributed by atoms with E-state index in [1.807, 2.05) is 0 Å². The lowest BCUT2D eigenvalue weighted by Gasteiger charge is -2.25. The quantitative estimate of drug-likeness (QED) is 0.807. The molecule has 76 valence electrons. The fourth-order valence-corrected chi connectivity index (χ4v) is 2.60. The van der Waals surface area contributed by atoms with Crippen LogP contribution in [0, 0.1) is 6.92 Å². The van der Waals surface area contributed by atoms with Crippen LogP contribution in [-0.4, -0.2) is 6.54 Å². The van der Waals surface area contributed by atoms with E-state index in [9.17, 15) is 0 Å². The fourth-order valence-electron chi connectivity index (χ4n) is 2.06. The molecule has 0 saturated carbocycles. The predicted octanol–water partition coefficient (Wildman–Crippen LogP) is 3.57. The molecule has 0 amide bonds. The molecule has 0 radical (unpaired) electrons. The van der Waals surface area contributed by atoms with Crippen LogP contribution in [0.15, 0.2) is 22.7 Å². The highest BCUT2D eigenvalue weighted by molar-refractivity contribution is 9.10. The van der Waals surface area contributed by atoms with E-state index in [0.29, 0.717) is 6.04 Å². The summed E-state index contributed by atoms with van der Waals surface area (Å²) in [7, 11) is 0. The number of nitrogens with one attached hydrogen (secondary N) is 1. The third-order valence-electron chi connectivity index (χ3n) is 2.91. The van der Waals surface area contributed by atoms with Gasteiger partial charge in [0, 0.05) is 10.5 Å². The summed E-state index contributed by atoms with van der Waals surface area (Å²) in [6.45, 7) is 3.31. The zero-order chi connectivity index (χ0) is 9.97. The Labute approximate surface area is 94.0 Å². The average molecular weight is 254 g/mol. The first-order chi connectivity index (χ1) is 6.79. The van der Waals surface area contributed by atoms with Gasteiger partial charge in [0.25, 0.3) is 0 Å². The summed E-state index contributed by atoms with van der Waals surface area (Å²) in [6.07, 6.45) is 3.93. The maximum atomic E-state index is 3.68. The van der Waals surface area contributed by atoms with Gasteiger partial charge in [-0.2, -0.15) is 0 Å². The lowest BCUT2D eigenvalue weighted by atomic mass is 9.96. The molecule has 1 nitrogen and oxygen atoms in total. The molecule has 2 heteroatoms. The van der Waals surface area contributed by atoms with Crippen molar-refractivity contribution in [1.29, 1.82) is 0 Å². The van der Waals surface area contributed by atoms with Crippen LogP contribution < -0.4 is 5.32 Å². The van der Waals surface area contributed by atoms with E-state index in [-0.39, 0.29) is 0 Å². The minimum absolute atomic E-state index is 0.554. The first kappa shape index (κ1) is 10.2. The van der Waals surface area contributed by atoms with Crippen LogP contribution in [-0.2, 0) is 0 Å². The molecule has 1 heterocycles. The summed E-state index contributed by atoms with van der Waals surface area (Å²) in [5, 5.41) is 3.57. The second-order valence-electron chi connectivity index (χ2n) is 3.98. The Morgan fingerprint density at radius 2 is 2.21 bits per heavy atom. The van der Waals surface area contributed by atoms with Gasteiger partial charge in [-0.1, -0.05) is 40.5 Å². The van der Waals surface area contributed by atoms with Crippen LogP contribution in [0.3, 0.4) is 0 Å². The van der Waals surface area contributed by atoms with E-state index in [0.717, 1.165) is 6.54 Å². The van der Waals surface area contributed by atoms with Crippen LogP contribution in [0.1, 0.15) is 36.4 Å². The molecule has 0 spiro atoms. The largest absolute Gasteiger partial charge is 0.310 e. The number of piperidine rings is 1. The smallest absolute Gasteiger partial charge is 0.0331 e. The van der Waals surface area contributed by atoms with Crippen LogP contribution in [0.25, 0.3) is 0 Å². The Bertz CT molecular complexity index is 316. The van der Waals surface area contributed by atoms with E-state index in [2.05, 4.69) is 46.4 Å². The summed E-state index contributed by atoms with van der Waals surface area (Å²) >= 11 is 3.68. The maximum absolute atomic E-state index is 3.68. The summed E-state index contributed by atoms with van der Waals surface area (Å²) in [4.78, 5) is 0. The molecule has 1 aromatic carbocycles. The summed E-state index contributed by atoms with van der Waals surface area (Å²) in [6, 6.07) is 7.07. The highest BCUT2D eigenvalue weighted by atomic mass is 79.9. The standard InChI is InChI=1S/C12H16BrN/c1-9-5-4-6-10(12(9)13)11-7-2-3-8-14-11/h4-6,11,14H,2-3,7-8H2,1H3/t11-/m0/s1. The van der Waals surface area contributed by atoms with E-state index < -0.39 is 0 Å². The lowest BCUT2D eigenvalue weighted by molar-refractivity contribution is 0.411. The molecule has 1 saturated heterocycles. The van der Waals surface area contributed by atoms with Gasteiger partial charge in [-0.25, -0.2) is 0 Å². The molecule has 1 atom stereocenters. The minimum atomic E-state index is 0.554. The van der Waals surface area contributed by atoms with E-state index in [1.165, 1.54) is 34.9 Å². The third-order valence-corrected chi connectivity index (χ3v) is 3.99. The molecule has 1 fully saturated rings. The van der Waals surface area contributed by atoms with Crippen molar-refractivity contribution in [3.05, 3.63) is 33.8 Å². The van der Waals surface area contributed by atoms with Crippen molar-refractivity contribution in [3.8, 4) is 0 Å². The summed E-state index contributed by atoms with van der Waals surface area (Å²) in [5.41, 5.74) is 2.75. The van der Waals surface area contributed by atoms with Crippen molar-refractivity contribution in [2.45, 2.75) is 32.2 Å². The SMILES string of the molecule is Cc1cccc([C@@H]2CCCCN2)c1Br. The molecule has 0 aliphatic carbocycles. The van der Waals surface area contributed by atoms with Crippen molar-refractivity contribution in [2.24, 2.45) is 0 Å². The van der Waals surface area contributed by atoms with Gasteiger partial charge in [0.05, 0.1) is 0 Å². The minimum Gasteiger partial charge on any atom is -0.310 e. The third kappa shape index (κ3) is 2.01. The van der Waals surface area contributed by atoms with Crippen molar-refractivity contribution >= 4 is 15.9 Å². The van der Waals surface area contributed by atoms with Crippen LogP contribution in [0.5, 0.6) is 0 Å². The van der Waals surface area contributed by atoms with Crippen LogP contribution in [0.4, 0.5) is 0 Å². The second-order valence-corrected chi connectivity index (χ2v) is 4.77. The Morgan fingerprint density at radius 1 is 1.36 bits per heavy atom. The Balaban J connectivity index is 2.26. The molecular weight excluding hydrogens is 238 g/mol. The monoisotopic (exact) mass is 253 g/mol. The van der Waals surface area contributed by atoms with Gasteiger partial charge in [0.15, 0.2) is 0 Å². The number of benzene rings is 1. The van der Waals surface area contributed by atoms with Crippen molar-refractivity contribution < 1.29 is 0 Å². The van der Waals surface area contributed by atoms with Crippen LogP contribution in [0.2, 0.25) is 0 Å². The van der Waals surface area contributed by atoms with Gasteiger partial charge in [0.2, 0.25) is 0 Å². The Morgan fingerprint density at radius 3 is 2.93 bits per heavy atom. The Hall–Kier alpha value is -0.340. The van der Waals surface area contributed by atoms with Gasteiger partial charge >= 0.3 is 0 Å². The van der Waals surface area contributed by atoms with Crippen molar-refractivity contribution in [1.82, 2.24) is 5.32 Å². The first-order valence-corrected chi connectivity index (χ1v) is 6.07. The zero-order valence-electron chi connectivity index (χ0n) is 8.52. The molecule has 1 N–H and O–H groups in total.